The van der Waals surface area contributed by atoms with Crippen LogP contribution in [0, 0.1) is 0 Å². The summed E-state index contributed by atoms with van der Waals surface area (Å²) in [5.41, 5.74) is 2.08. The highest BCUT2D eigenvalue weighted by Gasteiger charge is 2.10. The van der Waals surface area contributed by atoms with Crippen LogP contribution in [-0.2, 0) is 0 Å². The molecule has 0 fully saturated rings. The highest BCUT2D eigenvalue weighted by Crippen LogP contribution is 2.16. The number of nitrogens with one attached hydrogen (secondary N) is 3. The van der Waals surface area contributed by atoms with Gasteiger partial charge >= 0.3 is 0 Å². The van der Waals surface area contributed by atoms with Crippen LogP contribution in [0.15, 0.2) is 66.0 Å². The molecule has 148 valence electrons. The number of anilines is 2. The minimum Gasteiger partial charge on any atom is -0.352 e. The molecule has 0 atom stereocenters. The summed E-state index contributed by atoms with van der Waals surface area (Å²) in [6.07, 6.45) is 0.853. The first-order valence-electron chi connectivity index (χ1n) is 9.21. The fourth-order valence-corrected chi connectivity index (χ4v) is 3.21. The number of rotatable bonds is 7. The third kappa shape index (κ3) is 5.52. The van der Waals surface area contributed by atoms with Gasteiger partial charge in [-0.1, -0.05) is 19.1 Å². The molecule has 29 heavy (non-hydrogen) atoms. The maximum absolute atomic E-state index is 12.5. The highest BCUT2D eigenvalue weighted by atomic mass is 32.1. The lowest BCUT2D eigenvalue weighted by Gasteiger charge is -2.09. The Hall–Kier alpha value is -3.45. The van der Waals surface area contributed by atoms with Crippen molar-refractivity contribution in [2.45, 2.75) is 13.3 Å². The molecule has 3 aromatic rings. The molecule has 3 amide bonds. The summed E-state index contributed by atoms with van der Waals surface area (Å²) in [4.78, 5) is 37.3. The normalized spacial score (nSPS) is 10.2. The van der Waals surface area contributed by atoms with Gasteiger partial charge in [-0.05, 0) is 60.3 Å². The number of benzene rings is 2. The molecule has 0 spiro atoms. The highest BCUT2D eigenvalue weighted by molar-refractivity contribution is 7.12. The first kappa shape index (κ1) is 20.3. The predicted octanol–water partition coefficient (Wildman–Crippen LogP) is 4.39. The smallest absolute Gasteiger partial charge is 0.265 e. The van der Waals surface area contributed by atoms with Crippen molar-refractivity contribution < 1.29 is 14.4 Å². The molecular weight excluding hydrogens is 386 g/mol. The summed E-state index contributed by atoms with van der Waals surface area (Å²) < 4.78 is 0. The second kappa shape index (κ2) is 9.66. The van der Waals surface area contributed by atoms with Crippen molar-refractivity contribution in [1.29, 1.82) is 0 Å². The summed E-state index contributed by atoms with van der Waals surface area (Å²) in [7, 11) is 0. The Bertz CT molecular complexity index is 998. The van der Waals surface area contributed by atoms with Crippen molar-refractivity contribution in [1.82, 2.24) is 5.32 Å². The van der Waals surface area contributed by atoms with Gasteiger partial charge in [0.05, 0.1) is 4.88 Å². The molecule has 0 unspecified atom stereocenters. The Morgan fingerprint density at radius 3 is 2.24 bits per heavy atom. The van der Waals surface area contributed by atoms with Crippen LogP contribution in [0.3, 0.4) is 0 Å². The molecule has 0 saturated heterocycles. The number of hydrogen-bond donors (Lipinski definition) is 3. The van der Waals surface area contributed by atoms with E-state index in [4.69, 9.17) is 0 Å². The zero-order valence-corrected chi connectivity index (χ0v) is 16.7. The minimum atomic E-state index is -0.299. The van der Waals surface area contributed by atoms with Gasteiger partial charge in [0.2, 0.25) is 0 Å². The molecule has 1 aromatic heterocycles. The topological polar surface area (TPSA) is 87.3 Å². The van der Waals surface area contributed by atoms with Gasteiger partial charge in [-0.3, -0.25) is 14.4 Å². The molecular formula is C22H21N3O3S. The van der Waals surface area contributed by atoms with E-state index < -0.39 is 0 Å². The predicted molar refractivity (Wildman–Crippen MR) is 116 cm³/mol. The van der Waals surface area contributed by atoms with Gasteiger partial charge in [0.1, 0.15) is 0 Å². The van der Waals surface area contributed by atoms with E-state index >= 15 is 0 Å². The zero-order valence-electron chi connectivity index (χ0n) is 15.9. The molecule has 3 N–H and O–H groups in total. The molecule has 0 radical (unpaired) electrons. The van der Waals surface area contributed by atoms with Gasteiger partial charge in [-0.15, -0.1) is 11.3 Å². The number of hydrogen-bond acceptors (Lipinski definition) is 4. The van der Waals surface area contributed by atoms with E-state index in [0.717, 1.165) is 6.42 Å². The Labute approximate surface area is 173 Å². The van der Waals surface area contributed by atoms with Crippen LogP contribution in [0.4, 0.5) is 11.4 Å². The molecule has 3 rings (SSSR count). The summed E-state index contributed by atoms with van der Waals surface area (Å²) in [6.45, 7) is 2.58. The van der Waals surface area contributed by atoms with Gasteiger partial charge in [-0.2, -0.15) is 0 Å². The van der Waals surface area contributed by atoms with Crippen molar-refractivity contribution in [2.24, 2.45) is 0 Å². The summed E-state index contributed by atoms with van der Waals surface area (Å²) >= 11 is 1.36. The fourth-order valence-electron chi connectivity index (χ4n) is 2.59. The summed E-state index contributed by atoms with van der Waals surface area (Å²) in [6, 6.07) is 17.0. The Balaban J connectivity index is 1.62. The average molecular weight is 407 g/mol. The lowest BCUT2D eigenvalue weighted by Crippen LogP contribution is -2.24. The van der Waals surface area contributed by atoms with Crippen molar-refractivity contribution in [3.63, 3.8) is 0 Å². The van der Waals surface area contributed by atoms with Crippen molar-refractivity contribution in [2.75, 3.05) is 17.2 Å². The van der Waals surface area contributed by atoms with E-state index in [0.29, 0.717) is 33.9 Å². The number of carbonyl (C=O) groups is 3. The molecule has 0 saturated carbocycles. The second-order valence-corrected chi connectivity index (χ2v) is 7.25. The van der Waals surface area contributed by atoms with E-state index in [-0.39, 0.29) is 17.7 Å². The molecule has 7 heteroatoms. The van der Waals surface area contributed by atoms with Crippen LogP contribution >= 0.6 is 11.3 Å². The molecule has 6 nitrogen and oxygen atoms in total. The fraction of sp³-hybridized carbons (Fsp3) is 0.136. The zero-order chi connectivity index (χ0) is 20.6. The first-order chi connectivity index (χ1) is 14.1. The third-order valence-electron chi connectivity index (χ3n) is 4.07. The Kier molecular flexibility index (Phi) is 6.76. The monoisotopic (exact) mass is 407 g/mol. The van der Waals surface area contributed by atoms with E-state index in [1.54, 1.807) is 54.6 Å². The molecule has 2 aromatic carbocycles. The van der Waals surface area contributed by atoms with Crippen LogP contribution in [0.25, 0.3) is 0 Å². The van der Waals surface area contributed by atoms with Crippen LogP contribution in [-0.4, -0.2) is 24.3 Å². The number of carbonyl (C=O) groups excluding carboxylic acids is 3. The standard InChI is InChI=1S/C22H21N3O3S/c1-2-12-23-20(26)16-5-3-6-18(14-16)25-21(27)15-8-10-17(11-9-15)24-22(28)19-7-4-13-29-19/h3-11,13-14H,2,12H2,1H3,(H,23,26)(H,24,28)(H,25,27). The molecule has 0 bridgehead atoms. The maximum atomic E-state index is 12.5. The van der Waals surface area contributed by atoms with Crippen molar-refractivity contribution >= 4 is 40.4 Å². The lowest BCUT2D eigenvalue weighted by molar-refractivity contribution is 0.0951. The van der Waals surface area contributed by atoms with Gasteiger partial charge in [0, 0.05) is 29.0 Å². The summed E-state index contributed by atoms with van der Waals surface area (Å²) in [5.74, 6) is -0.656. The van der Waals surface area contributed by atoms with Gasteiger partial charge in [0.15, 0.2) is 0 Å². The van der Waals surface area contributed by atoms with Gasteiger partial charge in [0.25, 0.3) is 17.7 Å². The van der Waals surface area contributed by atoms with E-state index in [1.807, 2.05) is 18.4 Å². The van der Waals surface area contributed by atoms with Crippen molar-refractivity contribution in [3.05, 3.63) is 82.0 Å². The Morgan fingerprint density at radius 1 is 0.793 bits per heavy atom. The lowest BCUT2D eigenvalue weighted by atomic mass is 10.1. The quantitative estimate of drug-likeness (QED) is 0.543. The van der Waals surface area contributed by atoms with Crippen LogP contribution in [0.2, 0.25) is 0 Å². The number of amides is 3. The average Bonchev–Trinajstić information content (AvgIpc) is 3.28. The first-order valence-corrected chi connectivity index (χ1v) is 10.1. The van der Waals surface area contributed by atoms with Crippen LogP contribution in [0.5, 0.6) is 0 Å². The van der Waals surface area contributed by atoms with Crippen molar-refractivity contribution in [3.8, 4) is 0 Å². The maximum Gasteiger partial charge on any atom is 0.265 e. The summed E-state index contributed by atoms with van der Waals surface area (Å²) in [5, 5.41) is 10.2. The molecule has 1 heterocycles. The van der Waals surface area contributed by atoms with E-state index in [2.05, 4.69) is 16.0 Å². The largest absolute Gasteiger partial charge is 0.352 e. The molecule has 0 aliphatic rings. The second-order valence-electron chi connectivity index (χ2n) is 6.30. The van der Waals surface area contributed by atoms with Crippen LogP contribution in [0.1, 0.15) is 43.7 Å². The minimum absolute atomic E-state index is 0.172. The SMILES string of the molecule is CCCNC(=O)c1cccc(NC(=O)c2ccc(NC(=O)c3cccs3)cc2)c1. The van der Waals surface area contributed by atoms with E-state index in [9.17, 15) is 14.4 Å². The molecule has 0 aliphatic carbocycles. The van der Waals surface area contributed by atoms with Crippen LogP contribution < -0.4 is 16.0 Å². The third-order valence-corrected chi connectivity index (χ3v) is 4.94. The Morgan fingerprint density at radius 2 is 1.55 bits per heavy atom. The van der Waals surface area contributed by atoms with Gasteiger partial charge in [-0.25, -0.2) is 0 Å². The molecule has 0 aliphatic heterocycles. The van der Waals surface area contributed by atoms with E-state index in [1.165, 1.54) is 11.3 Å². The number of thiophene rings is 1. The van der Waals surface area contributed by atoms with Gasteiger partial charge < -0.3 is 16.0 Å².